The lowest BCUT2D eigenvalue weighted by Crippen LogP contribution is -2.46. The number of rotatable bonds is 10. The minimum Gasteiger partial charge on any atom is -0.378 e. The van der Waals surface area contributed by atoms with Crippen LogP contribution >= 0.6 is 0 Å². The summed E-state index contributed by atoms with van der Waals surface area (Å²) in [5.74, 6) is -1.21. The highest BCUT2D eigenvalue weighted by Gasteiger charge is 2.33. The predicted octanol–water partition coefficient (Wildman–Crippen LogP) is 3.70. The van der Waals surface area contributed by atoms with E-state index >= 15 is 0 Å². The molecule has 9 nitrogen and oxygen atoms in total. The number of nitrogens with zero attached hydrogens (tertiary/aromatic N) is 5. The highest BCUT2D eigenvalue weighted by Crippen LogP contribution is 2.27. The van der Waals surface area contributed by atoms with Gasteiger partial charge in [0.15, 0.2) is 0 Å². The monoisotopic (exact) mass is 544 g/mol. The van der Waals surface area contributed by atoms with Crippen molar-refractivity contribution in [1.82, 2.24) is 25.2 Å². The quantitative estimate of drug-likeness (QED) is 0.327. The number of carbonyl (C=O) groups is 2. The molecule has 1 aromatic heterocycles. The number of nitrogens with one attached hydrogen (secondary N) is 1. The van der Waals surface area contributed by atoms with Crippen LogP contribution in [0.15, 0.2) is 72.8 Å². The summed E-state index contributed by atoms with van der Waals surface area (Å²) in [6.07, 6.45) is 1.73. The Morgan fingerprint density at radius 1 is 1.07 bits per heavy atom. The first-order valence-corrected chi connectivity index (χ1v) is 13.4. The average molecular weight is 545 g/mol. The lowest BCUT2D eigenvalue weighted by Gasteiger charge is -2.32. The van der Waals surface area contributed by atoms with E-state index in [4.69, 9.17) is 4.74 Å². The zero-order valence-electron chi connectivity index (χ0n) is 22.7. The van der Waals surface area contributed by atoms with E-state index in [0.717, 1.165) is 18.5 Å². The fourth-order valence-corrected chi connectivity index (χ4v) is 4.93. The Morgan fingerprint density at radius 3 is 2.55 bits per heavy atom. The number of hydrogen-bond donors (Lipinski definition) is 1. The van der Waals surface area contributed by atoms with Gasteiger partial charge in [-0.25, -0.2) is 9.07 Å². The summed E-state index contributed by atoms with van der Waals surface area (Å²) in [6, 6.07) is 20.1. The normalized spacial score (nSPS) is 15.6. The number of halogens is 1. The summed E-state index contributed by atoms with van der Waals surface area (Å²) in [6.45, 7) is 0.728. The molecule has 0 radical (unpaired) electrons. The van der Waals surface area contributed by atoms with Gasteiger partial charge in [-0.1, -0.05) is 47.7 Å². The van der Waals surface area contributed by atoms with Gasteiger partial charge in [-0.15, -0.1) is 5.10 Å². The fraction of sp³-hybridized carbons (Fsp3) is 0.333. The van der Waals surface area contributed by atoms with E-state index < -0.39 is 17.8 Å². The van der Waals surface area contributed by atoms with Crippen molar-refractivity contribution in [3.8, 4) is 0 Å². The standard InChI is InChI=1S/C30H33FN6O3/c1-35(2)23-15-13-21(14-16-23)29(30(39)32-18-24-9-7-17-40-24)36(19-22-8-3-4-10-25(22)31)28(38)20-37-27-12-6-5-11-26(27)33-34-37/h3-6,8,10-16,24,29H,7,9,17-20H2,1-2H3,(H,32,39)/t24-,29+/m0/s1. The van der Waals surface area contributed by atoms with Gasteiger partial charge in [-0.2, -0.15) is 0 Å². The van der Waals surface area contributed by atoms with Crippen molar-refractivity contribution in [1.29, 1.82) is 0 Å². The Morgan fingerprint density at radius 2 is 1.82 bits per heavy atom. The van der Waals surface area contributed by atoms with Gasteiger partial charge in [0.1, 0.15) is 23.9 Å². The second-order valence-electron chi connectivity index (χ2n) is 10.1. The Kier molecular flexibility index (Phi) is 8.35. The molecule has 0 aliphatic carbocycles. The van der Waals surface area contributed by atoms with E-state index in [2.05, 4.69) is 15.6 Å². The number of para-hydroxylation sites is 1. The third-order valence-electron chi connectivity index (χ3n) is 7.14. The van der Waals surface area contributed by atoms with E-state index in [1.807, 2.05) is 67.5 Å². The van der Waals surface area contributed by atoms with Gasteiger partial charge in [0.2, 0.25) is 11.8 Å². The summed E-state index contributed by atoms with van der Waals surface area (Å²) in [4.78, 5) is 31.3. The molecule has 0 bridgehead atoms. The van der Waals surface area contributed by atoms with Crippen molar-refractivity contribution in [2.24, 2.45) is 0 Å². The molecule has 1 saturated heterocycles. The first-order chi connectivity index (χ1) is 19.4. The highest BCUT2D eigenvalue weighted by molar-refractivity contribution is 5.89. The zero-order chi connectivity index (χ0) is 28.1. The molecule has 2 heterocycles. The molecule has 0 unspecified atom stereocenters. The minimum absolute atomic E-state index is 0.0713. The Balaban J connectivity index is 1.52. The third-order valence-corrected chi connectivity index (χ3v) is 7.14. The molecule has 1 aliphatic heterocycles. The molecule has 208 valence electrons. The fourth-order valence-electron chi connectivity index (χ4n) is 4.93. The maximum atomic E-state index is 14.9. The molecule has 3 aromatic carbocycles. The maximum absolute atomic E-state index is 14.9. The average Bonchev–Trinajstić information content (AvgIpc) is 3.63. The molecule has 0 spiro atoms. The number of carbonyl (C=O) groups excluding carboxylic acids is 2. The smallest absolute Gasteiger partial charge is 0.247 e. The van der Waals surface area contributed by atoms with E-state index in [9.17, 15) is 14.0 Å². The van der Waals surface area contributed by atoms with Crippen LogP contribution in [0.3, 0.4) is 0 Å². The largest absolute Gasteiger partial charge is 0.378 e. The van der Waals surface area contributed by atoms with Gasteiger partial charge < -0.3 is 19.9 Å². The molecular weight excluding hydrogens is 511 g/mol. The summed E-state index contributed by atoms with van der Waals surface area (Å²) >= 11 is 0. The molecule has 1 fully saturated rings. The summed E-state index contributed by atoms with van der Waals surface area (Å²) in [5, 5.41) is 11.3. The third kappa shape index (κ3) is 6.12. The number of ether oxygens (including phenoxy) is 1. The maximum Gasteiger partial charge on any atom is 0.247 e. The van der Waals surface area contributed by atoms with Crippen LogP contribution in [-0.4, -0.2) is 65.1 Å². The second kappa shape index (κ2) is 12.3. The first-order valence-electron chi connectivity index (χ1n) is 13.4. The van der Waals surface area contributed by atoms with Crippen LogP contribution in [-0.2, 0) is 27.4 Å². The van der Waals surface area contributed by atoms with Gasteiger partial charge in [0.25, 0.3) is 0 Å². The van der Waals surface area contributed by atoms with Crippen LogP contribution in [0.4, 0.5) is 10.1 Å². The van der Waals surface area contributed by atoms with Crippen molar-refractivity contribution in [2.75, 3.05) is 32.1 Å². The van der Waals surface area contributed by atoms with E-state index in [1.165, 1.54) is 15.6 Å². The number of amides is 2. The van der Waals surface area contributed by atoms with Gasteiger partial charge in [-0.05, 0) is 48.7 Å². The lowest BCUT2D eigenvalue weighted by atomic mass is 10.0. The van der Waals surface area contributed by atoms with Crippen molar-refractivity contribution in [2.45, 2.75) is 38.1 Å². The van der Waals surface area contributed by atoms with Crippen LogP contribution in [0.1, 0.15) is 30.0 Å². The number of benzene rings is 3. The van der Waals surface area contributed by atoms with Gasteiger partial charge in [0, 0.05) is 45.0 Å². The van der Waals surface area contributed by atoms with Crippen molar-refractivity contribution in [3.05, 3.63) is 89.7 Å². The van der Waals surface area contributed by atoms with E-state index in [0.29, 0.717) is 35.3 Å². The van der Waals surface area contributed by atoms with Crippen LogP contribution in [0.2, 0.25) is 0 Å². The number of hydrogen-bond acceptors (Lipinski definition) is 6. The summed E-state index contributed by atoms with van der Waals surface area (Å²) in [5.41, 5.74) is 3.21. The molecule has 4 aromatic rings. The van der Waals surface area contributed by atoms with Crippen LogP contribution in [0, 0.1) is 5.82 Å². The SMILES string of the molecule is CN(C)c1ccc([C@H](C(=O)NC[C@@H]2CCCO2)N(Cc2ccccc2F)C(=O)Cn2nnc3ccccc32)cc1. The van der Waals surface area contributed by atoms with Crippen molar-refractivity contribution in [3.63, 3.8) is 0 Å². The number of anilines is 1. The van der Waals surface area contributed by atoms with Crippen LogP contribution < -0.4 is 10.2 Å². The topological polar surface area (TPSA) is 92.6 Å². The van der Waals surface area contributed by atoms with E-state index in [-0.39, 0.29) is 25.1 Å². The number of fused-ring (bicyclic) bond motifs is 1. The first kappa shape index (κ1) is 27.3. The minimum atomic E-state index is -1.01. The highest BCUT2D eigenvalue weighted by atomic mass is 19.1. The Bertz CT molecular complexity index is 1470. The van der Waals surface area contributed by atoms with Crippen molar-refractivity contribution >= 4 is 28.5 Å². The Labute approximate surface area is 232 Å². The molecule has 1 N–H and O–H groups in total. The molecule has 0 saturated carbocycles. The van der Waals surface area contributed by atoms with Crippen molar-refractivity contribution < 1.29 is 18.7 Å². The Hall–Kier alpha value is -4.31. The molecule has 5 rings (SSSR count). The summed E-state index contributed by atoms with van der Waals surface area (Å²) in [7, 11) is 3.86. The molecule has 2 amide bonds. The lowest BCUT2D eigenvalue weighted by molar-refractivity contribution is -0.142. The number of aromatic nitrogens is 3. The van der Waals surface area contributed by atoms with Crippen LogP contribution in [0.25, 0.3) is 11.0 Å². The second-order valence-corrected chi connectivity index (χ2v) is 10.1. The van der Waals surface area contributed by atoms with Gasteiger partial charge in [-0.3, -0.25) is 9.59 Å². The molecule has 40 heavy (non-hydrogen) atoms. The van der Waals surface area contributed by atoms with E-state index in [1.54, 1.807) is 18.2 Å². The van der Waals surface area contributed by atoms with Gasteiger partial charge in [0.05, 0.1) is 11.6 Å². The predicted molar refractivity (Wildman–Crippen MR) is 150 cm³/mol. The molecule has 1 aliphatic rings. The van der Waals surface area contributed by atoms with Crippen LogP contribution in [0.5, 0.6) is 0 Å². The molecule has 2 atom stereocenters. The molecular formula is C30H33FN6O3. The summed E-state index contributed by atoms with van der Waals surface area (Å²) < 4.78 is 22.1. The van der Waals surface area contributed by atoms with Gasteiger partial charge >= 0.3 is 0 Å². The zero-order valence-corrected chi connectivity index (χ0v) is 22.7. The molecule has 10 heteroatoms.